The molecule has 4 heteroatoms. The van der Waals surface area contributed by atoms with E-state index in [0.717, 1.165) is 17.0 Å². The molecule has 0 atom stereocenters. The fourth-order valence-corrected chi connectivity index (χ4v) is 1.76. The van der Waals surface area contributed by atoms with Crippen molar-refractivity contribution in [2.75, 3.05) is 0 Å². The van der Waals surface area contributed by atoms with Crippen LogP contribution in [0.1, 0.15) is 17.3 Å². The summed E-state index contributed by atoms with van der Waals surface area (Å²) in [6, 6.07) is 7.31. The van der Waals surface area contributed by atoms with E-state index in [2.05, 4.69) is 0 Å². The van der Waals surface area contributed by atoms with Gasteiger partial charge >= 0.3 is 0 Å². The van der Waals surface area contributed by atoms with Gasteiger partial charge in [-0.3, -0.25) is 9.36 Å². The lowest BCUT2D eigenvalue weighted by Gasteiger charge is -1.96. The van der Waals surface area contributed by atoms with Crippen molar-refractivity contribution in [2.24, 2.45) is 0 Å². The molecule has 0 aliphatic rings. The maximum absolute atomic E-state index is 11.4. The smallest absolute Gasteiger partial charge is 0.227 e. The molecule has 1 aromatic carbocycles. The molecule has 17 heavy (non-hydrogen) atoms. The number of carboxylic acids is 1. The van der Waals surface area contributed by atoms with Gasteiger partial charge in [0, 0.05) is 24.1 Å². The molecule has 0 unspecified atom stereocenters. The van der Waals surface area contributed by atoms with Gasteiger partial charge in [-0.15, -0.1) is 0 Å². The Morgan fingerprint density at radius 1 is 1.29 bits per heavy atom. The zero-order chi connectivity index (χ0) is 12.4. The van der Waals surface area contributed by atoms with Crippen LogP contribution in [0.5, 0.6) is 0 Å². The van der Waals surface area contributed by atoms with E-state index in [0.29, 0.717) is 5.56 Å². The molecule has 0 aliphatic carbocycles. The molecule has 0 amide bonds. The minimum Gasteiger partial charge on any atom is -0.545 e. The first-order chi connectivity index (χ1) is 8.09. The highest BCUT2D eigenvalue weighted by Crippen LogP contribution is 2.22. The molecular weight excluding hydrogens is 218 g/mol. The van der Waals surface area contributed by atoms with E-state index in [1.54, 1.807) is 6.20 Å². The van der Waals surface area contributed by atoms with E-state index in [4.69, 9.17) is 0 Å². The van der Waals surface area contributed by atoms with Crippen molar-refractivity contribution in [3.05, 3.63) is 42.1 Å². The summed E-state index contributed by atoms with van der Waals surface area (Å²) in [6.07, 6.45) is 4.00. The van der Waals surface area contributed by atoms with E-state index in [1.165, 1.54) is 17.6 Å². The number of benzene rings is 1. The Balaban J connectivity index is 2.64. The van der Waals surface area contributed by atoms with Crippen LogP contribution in [0.3, 0.4) is 0 Å². The van der Waals surface area contributed by atoms with Gasteiger partial charge in [0.25, 0.3) is 0 Å². The number of nitrogens with zero attached hydrogens (tertiary/aromatic N) is 1. The lowest BCUT2D eigenvalue weighted by atomic mass is 10.1. The van der Waals surface area contributed by atoms with Crippen LogP contribution in [0.2, 0.25) is 0 Å². The van der Waals surface area contributed by atoms with Gasteiger partial charge < -0.3 is 9.90 Å². The summed E-state index contributed by atoms with van der Waals surface area (Å²) in [5, 5.41) is 11.2. The highest BCUT2D eigenvalue weighted by Gasteiger charge is 2.07. The Kier molecular flexibility index (Phi) is 2.78. The van der Waals surface area contributed by atoms with Gasteiger partial charge in [0.15, 0.2) is 0 Å². The second kappa shape index (κ2) is 4.25. The minimum atomic E-state index is -1.26. The summed E-state index contributed by atoms with van der Waals surface area (Å²) in [5.41, 5.74) is 1.44. The van der Waals surface area contributed by atoms with Gasteiger partial charge in [0.2, 0.25) is 5.91 Å². The maximum atomic E-state index is 11.4. The average Bonchev–Trinajstić information content (AvgIpc) is 2.65. The van der Waals surface area contributed by atoms with Crippen LogP contribution in [-0.2, 0) is 4.79 Å². The molecule has 0 fully saturated rings. The molecule has 4 nitrogen and oxygen atoms in total. The predicted octanol–water partition coefficient (Wildman–Crippen LogP) is 1.06. The van der Waals surface area contributed by atoms with Crippen LogP contribution in [0, 0.1) is 0 Å². The molecule has 0 aliphatic heterocycles. The Hall–Kier alpha value is -2.36. The van der Waals surface area contributed by atoms with Crippen molar-refractivity contribution in [3.63, 3.8) is 0 Å². The molecule has 0 N–H and O–H groups in total. The molecule has 0 spiro atoms. The molecule has 0 bridgehead atoms. The second-order valence-electron chi connectivity index (χ2n) is 3.64. The Labute approximate surface area is 97.8 Å². The van der Waals surface area contributed by atoms with Crippen LogP contribution in [-0.4, -0.2) is 16.4 Å². The lowest BCUT2D eigenvalue weighted by Crippen LogP contribution is -2.18. The highest BCUT2D eigenvalue weighted by molar-refractivity contribution is 5.98. The third kappa shape index (κ3) is 2.10. The summed E-state index contributed by atoms with van der Waals surface area (Å²) in [6.45, 7) is 1.46. The van der Waals surface area contributed by atoms with Crippen molar-refractivity contribution in [1.82, 2.24) is 4.57 Å². The quantitative estimate of drug-likeness (QED) is 0.722. The number of carbonyl (C=O) groups excluding carboxylic acids is 2. The molecule has 0 saturated carbocycles. The third-order valence-electron chi connectivity index (χ3n) is 2.48. The fraction of sp³-hybridized carbons (Fsp3) is 0.0769. The fourth-order valence-electron chi connectivity index (χ4n) is 1.76. The summed E-state index contributed by atoms with van der Waals surface area (Å²) in [4.78, 5) is 21.8. The summed E-state index contributed by atoms with van der Waals surface area (Å²) in [5.74, 6) is -1.38. The number of carboxylic acid groups (broad SMARTS) is 1. The van der Waals surface area contributed by atoms with Gasteiger partial charge in [-0.25, -0.2) is 0 Å². The van der Waals surface area contributed by atoms with E-state index < -0.39 is 5.97 Å². The number of para-hydroxylation sites is 1. The molecule has 86 valence electrons. The van der Waals surface area contributed by atoms with Gasteiger partial charge in [-0.2, -0.15) is 0 Å². The van der Waals surface area contributed by atoms with Gasteiger partial charge in [0.05, 0.1) is 11.5 Å². The van der Waals surface area contributed by atoms with Crippen LogP contribution < -0.4 is 5.11 Å². The lowest BCUT2D eigenvalue weighted by molar-refractivity contribution is -0.297. The van der Waals surface area contributed by atoms with Crippen molar-refractivity contribution in [3.8, 4) is 0 Å². The third-order valence-corrected chi connectivity index (χ3v) is 2.48. The summed E-state index contributed by atoms with van der Waals surface area (Å²) >= 11 is 0. The SMILES string of the molecule is CC(=O)n1cc(/C=C/C(=O)[O-])c2ccccc21. The van der Waals surface area contributed by atoms with Crippen molar-refractivity contribution < 1.29 is 14.7 Å². The maximum Gasteiger partial charge on any atom is 0.227 e. The zero-order valence-electron chi connectivity index (χ0n) is 9.21. The number of fused-ring (bicyclic) bond motifs is 1. The summed E-state index contributed by atoms with van der Waals surface area (Å²) in [7, 11) is 0. The zero-order valence-corrected chi connectivity index (χ0v) is 9.21. The Morgan fingerprint density at radius 3 is 2.65 bits per heavy atom. The number of aliphatic carboxylic acids is 1. The number of hydrogen-bond donors (Lipinski definition) is 0. The van der Waals surface area contributed by atoms with E-state index in [1.807, 2.05) is 24.3 Å². The van der Waals surface area contributed by atoms with Crippen molar-refractivity contribution >= 4 is 28.9 Å². The van der Waals surface area contributed by atoms with E-state index in [9.17, 15) is 14.7 Å². The van der Waals surface area contributed by atoms with E-state index >= 15 is 0 Å². The number of aromatic nitrogens is 1. The van der Waals surface area contributed by atoms with Crippen molar-refractivity contribution in [1.29, 1.82) is 0 Å². The predicted molar refractivity (Wildman–Crippen MR) is 62.3 cm³/mol. The molecule has 0 saturated heterocycles. The second-order valence-corrected chi connectivity index (χ2v) is 3.64. The molecular formula is C13H10NO3-. The van der Waals surface area contributed by atoms with Crippen LogP contribution >= 0.6 is 0 Å². The van der Waals surface area contributed by atoms with Crippen molar-refractivity contribution in [2.45, 2.75) is 6.92 Å². The Bertz CT molecular complexity index is 623. The first-order valence-corrected chi connectivity index (χ1v) is 5.09. The molecule has 1 aromatic heterocycles. The molecule has 2 rings (SSSR count). The normalized spacial score (nSPS) is 11.1. The van der Waals surface area contributed by atoms with E-state index in [-0.39, 0.29) is 5.91 Å². The van der Waals surface area contributed by atoms with Gasteiger partial charge in [-0.05, 0) is 12.1 Å². The largest absolute Gasteiger partial charge is 0.545 e. The molecule has 1 heterocycles. The summed E-state index contributed by atoms with van der Waals surface area (Å²) < 4.78 is 1.49. The first-order valence-electron chi connectivity index (χ1n) is 5.09. The van der Waals surface area contributed by atoms with Crippen LogP contribution in [0.15, 0.2) is 36.5 Å². The molecule has 2 aromatic rings. The standard InChI is InChI=1S/C13H11NO3/c1-9(15)14-8-10(6-7-13(16)17)11-4-2-3-5-12(11)14/h2-8H,1H3,(H,16,17)/p-1/b7-6+. The van der Waals surface area contributed by atoms with Gasteiger partial charge in [-0.1, -0.05) is 24.3 Å². The van der Waals surface area contributed by atoms with Crippen LogP contribution in [0.25, 0.3) is 17.0 Å². The first kappa shape index (κ1) is 11.1. The number of carbonyl (C=O) groups is 2. The average molecular weight is 228 g/mol. The number of hydrogen-bond acceptors (Lipinski definition) is 3. The monoisotopic (exact) mass is 228 g/mol. The van der Waals surface area contributed by atoms with Crippen LogP contribution in [0.4, 0.5) is 0 Å². The Morgan fingerprint density at radius 2 is 2.00 bits per heavy atom. The van der Waals surface area contributed by atoms with Gasteiger partial charge in [0.1, 0.15) is 0 Å². The number of rotatable bonds is 2. The minimum absolute atomic E-state index is 0.116. The highest BCUT2D eigenvalue weighted by atomic mass is 16.4. The molecule has 0 radical (unpaired) electrons. The topological polar surface area (TPSA) is 62.1 Å².